The minimum Gasteiger partial charge on any atom is -0.432 e. The summed E-state index contributed by atoms with van der Waals surface area (Å²) in [5.74, 6) is 0.867. The first-order valence-electron chi connectivity index (χ1n) is 7.76. The molecular weight excluding hydrogens is 316 g/mol. The SMILES string of the molecule is O=C(NC1CC2CCC1N2)c1ccc(Oc2cc(Cl)co2)cc1. The molecule has 2 fully saturated rings. The Morgan fingerprint density at radius 2 is 2.13 bits per heavy atom. The maximum absolute atomic E-state index is 12.3. The number of rotatable bonds is 4. The topological polar surface area (TPSA) is 63.5 Å². The molecule has 0 aliphatic carbocycles. The molecule has 2 aliphatic rings. The van der Waals surface area contributed by atoms with Gasteiger partial charge in [-0.2, -0.15) is 0 Å². The molecule has 2 aromatic rings. The van der Waals surface area contributed by atoms with Gasteiger partial charge >= 0.3 is 0 Å². The highest BCUT2D eigenvalue weighted by molar-refractivity contribution is 6.30. The number of carbonyl (C=O) groups is 1. The average Bonchev–Trinajstić information content (AvgIpc) is 3.25. The van der Waals surface area contributed by atoms with Gasteiger partial charge in [-0.05, 0) is 43.5 Å². The summed E-state index contributed by atoms with van der Waals surface area (Å²) < 4.78 is 10.6. The van der Waals surface area contributed by atoms with Crippen molar-refractivity contribution < 1.29 is 13.9 Å². The fourth-order valence-electron chi connectivity index (χ4n) is 3.37. The first-order chi connectivity index (χ1) is 11.2. The van der Waals surface area contributed by atoms with Crippen molar-refractivity contribution in [3.8, 4) is 11.7 Å². The van der Waals surface area contributed by atoms with E-state index in [4.69, 9.17) is 20.8 Å². The Bertz CT molecular complexity index is 713. The Kier molecular flexibility index (Phi) is 3.75. The van der Waals surface area contributed by atoms with E-state index in [1.54, 1.807) is 30.3 Å². The van der Waals surface area contributed by atoms with Crippen LogP contribution in [0.15, 0.2) is 41.0 Å². The third-order valence-corrected chi connectivity index (χ3v) is 4.69. The van der Waals surface area contributed by atoms with Crippen LogP contribution in [0.1, 0.15) is 29.6 Å². The van der Waals surface area contributed by atoms with E-state index >= 15 is 0 Å². The third kappa shape index (κ3) is 3.07. The van der Waals surface area contributed by atoms with Gasteiger partial charge in [0.25, 0.3) is 11.9 Å². The number of hydrogen-bond donors (Lipinski definition) is 2. The molecule has 2 bridgehead atoms. The highest BCUT2D eigenvalue weighted by Gasteiger charge is 2.39. The van der Waals surface area contributed by atoms with Gasteiger partial charge in [-0.25, -0.2) is 0 Å². The lowest BCUT2D eigenvalue weighted by molar-refractivity contribution is 0.0931. The molecule has 4 rings (SSSR count). The molecule has 1 aromatic carbocycles. The number of carbonyl (C=O) groups excluding carboxylic acids is 1. The minimum atomic E-state index is -0.0445. The van der Waals surface area contributed by atoms with Crippen molar-refractivity contribution in [3.05, 3.63) is 47.2 Å². The van der Waals surface area contributed by atoms with Crippen LogP contribution in [0.25, 0.3) is 0 Å². The molecule has 3 unspecified atom stereocenters. The maximum Gasteiger partial charge on any atom is 0.291 e. The molecule has 0 radical (unpaired) electrons. The van der Waals surface area contributed by atoms with Crippen molar-refractivity contribution in [1.82, 2.24) is 10.6 Å². The van der Waals surface area contributed by atoms with Gasteiger partial charge in [0.05, 0.1) is 5.02 Å². The molecule has 1 amide bonds. The van der Waals surface area contributed by atoms with Crippen LogP contribution in [0.2, 0.25) is 5.02 Å². The lowest BCUT2D eigenvalue weighted by Gasteiger charge is -2.21. The molecule has 2 aliphatic heterocycles. The predicted molar refractivity (Wildman–Crippen MR) is 86.1 cm³/mol. The second kappa shape index (κ2) is 5.91. The summed E-state index contributed by atoms with van der Waals surface area (Å²) in [5.41, 5.74) is 0.623. The lowest BCUT2D eigenvalue weighted by atomic mass is 9.95. The highest BCUT2D eigenvalue weighted by Crippen LogP contribution is 2.29. The van der Waals surface area contributed by atoms with E-state index in [1.165, 1.54) is 12.7 Å². The number of halogens is 1. The molecule has 3 heterocycles. The zero-order chi connectivity index (χ0) is 15.8. The van der Waals surface area contributed by atoms with Crippen molar-refractivity contribution in [1.29, 1.82) is 0 Å². The van der Waals surface area contributed by atoms with Crippen molar-refractivity contribution in [2.45, 2.75) is 37.4 Å². The van der Waals surface area contributed by atoms with Crippen molar-refractivity contribution in [2.75, 3.05) is 0 Å². The number of nitrogens with one attached hydrogen (secondary N) is 2. The quantitative estimate of drug-likeness (QED) is 0.901. The van der Waals surface area contributed by atoms with Crippen LogP contribution in [0.4, 0.5) is 0 Å². The molecule has 2 N–H and O–H groups in total. The Labute approximate surface area is 139 Å². The summed E-state index contributed by atoms with van der Waals surface area (Å²) in [6.07, 6.45) is 4.80. The number of fused-ring (bicyclic) bond motifs is 2. The summed E-state index contributed by atoms with van der Waals surface area (Å²) in [6.45, 7) is 0. The second-order valence-corrected chi connectivity index (χ2v) is 6.51. The molecule has 6 heteroatoms. The van der Waals surface area contributed by atoms with E-state index in [-0.39, 0.29) is 11.9 Å². The van der Waals surface area contributed by atoms with Gasteiger partial charge in [0.2, 0.25) is 0 Å². The standard InChI is InChI=1S/C17H17ClN2O3/c18-11-7-16(22-9-11)23-13-4-1-10(2-5-13)17(21)20-15-8-12-3-6-14(15)19-12/h1-2,4-5,7,9,12,14-15,19H,3,6,8H2,(H,20,21). The lowest BCUT2D eigenvalue weighted by Crippen LogP contribution is -2.42. The van der Waals surface area contributed by atoms with E-state index in [1.807, 2.05) is 0 Å². The second-order valence-electron chi connectivity index (χ2n) is 6.07. The number of amides is 1. The minimum absolute atomic E-state index is 0.0445. The molecule has 0 spiro atoms. The van der Waals surface area contributed by atoms with Crippen LogP contribution in [-0.4, -0.2) is 24.0 Å². The highest BCUT2D eigenvalue weighted by atomic mass is 35.5. The van der Waals surface area contributed by atoms with Gasteiger partial charge in [0.1, 0.15) is 12.0 Å². The summed E-state index contributed by atoms with van der Waals surface area (Å²) in [4.78, 5) is 12.3. The van der Waals surface area contributed by atoms with Gasteiger partial charge in [-0.3, -0.25) is 4.79 Å². The van der Waals surface area contributed by atoms with Crippen LogP contribution >= 0.6 is 11.6 Å². The van der Waals surface area contributed by atoms with E-state index in [0.717, 1.165) is 12.8 Å². The molecule has 0 saturated carbocycles. The molecule has 3 atom stereocenters. The van der Waals surface area contributed by atoms with Crippen LogP contribution in [-0.2, 0) is 0 Å². The number of benzene rings is 1. The third-order valence-electron chi connectivity index (χ3n) is 4.49. The predicted octanol–water partition coefficient (Wildman–Crippen LogP) is 3.35. The molecule has 2 saturated heterocycles. The molecule has 1 aromatic heterocycles. The van der Waals surface area contributed by atoms with Gasteiger partial charge in [0, 0.05) is 29.8 Å². The summed E-state index contributed by atoms with van der Waals surface area (Å²) >= 11 is 5.77. The van der Waals surface area contributed by atoms with E-state index in [2.05, 4.69) is 10.6 Å². The van der Waals surface area contributed by atoms with E-state index in [9.17, 15) is 4.79 Å². The van der Waals surface area contributed by atoms with Gasteiger partial charge in [-0.1, -0.05) is 11.6 Å². The van der Waals surface area contributed by atoms with Crippen LogP contribution in [0.3, 0.4) is 0 Å². The monoisotopic (exact) mass is 332 g/mol. The van der Waals surface area contributed by atoms with Crippen LogP contribution in [0, 0.1) is 0 Å². The van der Waals surface area contributed by atoms with Crippen molar-refractivity contribution in [2.24, 2.45) is 0 Å². The fraction of sp³-hybridized carbons (Fsp3) is 0.353. The van der Waals surface area contributed by atoms with Crippen molar-refractivity contribution in [3.63, 3.8) is 0 Å². The largest absolute Gasteiger partial charge is 0.432 e. The molecular formula is C17H17ClN2O3. The number of ether oxygens (including phenoxy) is 1. The van der Waals surface area contributed by atoms with E-state index in [0.29, 0.717) is 34.4 Å². The van der Waals surface area contributed by atoms with E-state index < -0.39 is 0 Å². The summed E-state index contributed by atoms with van der Waals surface area (Å²) in [5, 5.41) is 7.12. The first-order valence-corrected chi connectivity index (χ1v) is 8.14. The van der Waals surface area contributed by atoms with Crippen LogP contribution in [0.5, 0.6) is 11.7 Å². The molecule has 120 valence electrons. The zero-order valence-corrected chi connectivity index (χ0v) is 13.2. The maximum atomic E-state index is 12.3. The normalized spacial score (nSPS) is 25.5. The average molecular weight is 333 g/mol. The number of furan rings is 1. The Hall–Kier alpha value is -1.98. The van der Waals surface area contributed by atoms with Gasteiger partial charge < -0.3 is 19.8 Å². The first kappa shape index (κ1) is 14.6. The van der Waals surface area contributed by atoms with Crippen LogP contribution < -0.4 is 15.4 Å². The van der Waals surface area contributed by atoms with Gasteiger partial charge in [-0.15, -0.1) is 0 Å². The Morgan fingerprint density at radius 3 is 2.74 bits per heavy atom. The summed E-state index contributed by atoms with van der Waals surface area (Å²) in [6, 6.07) is 9.80. The Balaban J connectivity index is 1.38. The van der Waals surface area contributed by atoms with Gasteiger partial charge in [0.15, 0.2) is 0 Å². The number of hydrogen-bond acceptors (Lipinski definition) is 4. The smallest absolute Gasteiger partial charge is 0.291 e. The zero-order valence-electron chi connectivity index (χ0n) is 12.4. The molecule has 23 heavy (non-hydrogen) atoms. The fourth-order valence-corrected chi connectivity index (χ4v) is 3.51. The van der Waals surface area contributed by atoms with Crippen molar-refractivity contribution >= 4 is 17.5 Å². The molecule has 5 nitrogen and oxygen atoms in total. The Morgan fingerprint density at radius 1 is 1.30 bits per heavy atom. The summed E-state index contributed by atoms with van der Waals surface area (Å²) in [7, 11) is 0.